The number of azo groups is 1. The van der Waals surface area contributed by atoms with Crippen molar-refractivity contribution in [3.8, 4) is 17.4 Å². The van der Waals surface area contributed by atoms with Crippen LogP contribution in [0.2, 0.25) is 0 Å². The molecule has 0 fully saturated rings. The molecule has 4 aromatic rings. The first-order chi connectivity index (χ1) is 19.3. The van der Waals surface area contributed by atoms with E-state index in [1.54, 1.807) is 37.3 Å². The average molecular weight is 654 g/mol. The lowest BCUT2D eigenvalue weighted by Gasteiger charge is -2.06. The molecule has 1 aromatic heterocycles. The van der Waals surface area contributed by atoms with Gasteiger partial charge in [-0.25, -0.2) is 4.79 Å². The van der Waals surface area contributed by atoms with Crippen LogP contribution in [-0.4, -0.2) is 34.4 Å². The highest BCUT2D eigenvalue weighted by Crippen LogP contribution is 2.39. The highest BCUT2D eigenvalue weighted by Gasteiger charge is 2.21. The van der Waals surface area contributed by atoms with Crippen LogP contribution >= 0.6 is 22.6 Å². The Hall–Kier alpha value is -4.46. The second kappa shape index (κ2) is 11.7. The van der Waals surface area contributed by atoms with E-state index >= 15 is 0 Å². The molecule has 12 heteroatoms. The number of nitrogens with zero attached hydrogens (tertiary/aromatic N) is 3. The van der Waals surface area contributed by atoms with Gasteiger partial charge in [0.15, 0.2) is 17.2 Å². The van der Waals surface area contributed by atoms with E-state index in [1.807, 2.05) is 18.2 Å². The quantitative estimate of drug-likeness (QED) is 0.188. The van der Waals surface area contributed by atoms with E-state index in [2.05, 4.69) is 38.1 Å². The Labute approximate surface area is 241 Å². The normalized spacial score (nSPS) is 12.2. The number of aromatic nitrogens is 1. The topological polar surface area (TPSA) is 141 Å². The van der Waals surface area contributed by atoms with Crippen molar-refractivity contribution in [3.05, 3.63) is 75.4 Å². The van der Waals surface area contributed by atoms with E-state index in [0.29, 0.717) is 34.5 Å². The summed E-state index contributed by atoms with van der Waals surface area (Å²) in [6.45, 7) is 1.83. The molecule has 11 nitrogen and oxygen atoms in total. The summed E-state index contributed by atoms with van der Waals surface area (Å²) in [5.74, 6) is -0.470. The highest BCUT2D eigenvalue weighted by molar-refractivity contribution is 14.1. The first kappa shape index (κ1) is 27.1. The molecular formula is C28H23IN4O7. The number of fused-ring (bicyclic) bond motifs is 2. The van der Waals surface area contributed by atoms with Crippen LogP contribution in [0.5, 0.6) is 17.4 Å². The summed E-state index contributed by atoms with van der Waals surface area (Å²) in [6.07, 6.45) is 0.896. The van der Waals surface area contributed by atoms with Gasteiger partial charge in [0.25, 0.3) is 11.8 Å². The maximum Gasteiger partial charge on any atom is 0.332 e. The number of nitrogens with one attached hydrogen (secondary N) is 1. The minimum absolute atomic E-state index is 0.00267. The van der Waals surface area contributed by atoms with Gasteiger partial charge < -0.3 is 24.7 Å². The smallest absolute Gasteiger partial charge is 0.332 e. The van der Waals surface area contributed by atoms with E-state index in [9.17, 15) is 19.5 Å². The second-order valence-electron chi connectivity index (χ2n) is 8.76. The molecule has 5 rings (SSSR count). The predicted octanol–water partition coefficient (Wildman–Crippen LogP) is 5.54. The zero-order chi connectivity index (χ0) is 28.2. The van der Waals surface area contributed by atoms with Crippen molar-refractivity contribution in [2.45, 2.75) is 26.2 Å². The summed E-state index contributed by atoms with van der Waals surface area (Å²) >= 11 is 2.10. The molecule has 0 radical (unpaired) electrons. The zero-order valence-corrected chi connectivity index (χ0v) is 23.4. The molecule has 0 saturated carbocycles. The minimum atomic E-state index is -0.655. The van der Waals surface area contributed by atoms with Crippen LogP contribution in [0.15, 0.2) is 70.9 Å². The summed E-state index contributed by atoms with van der Waals surface area (Å²) in [7, 11) is 0. The first-order valence-corrected chi connectivity index (χ1v) is 13.4. The van der Waals surface area contributed by atoms with Crippen LogP contribution in [0.4, 0.5) is 11.4 Å². The van der Waals surface area contributed by atoms with Crippen molar-refractivity contribution >= 4 is 62.7 Å². The molecule has 1 aliphatic rings. The van der Waals surface area contributed by atoms with E-state index < -0.39 is 17.8 Å². The molecule has 0 atom stereocenters. The van der Waals surface area contributed by atoms with Gasteiger partial charge in [-0.3, -0.25) is 9.59 Å². The van der Waals surface area contributed by atoms with Gasteiger partial charge in [-0.15, -0.1) is 15.0 Å². The summed E-state index contributed by atoms with van der Waals surface area (Å²) in [4.78, 5) is 42.2. The molecule has 0 saturated heterocycles. The van der Waals surface area contributed by atoms with Crippen molar-refractivity contribution in [1.29, 1.82) is 0 Å². The Morgan fingerprint density at radius 1 is 1.05 bits per heavy atom. The largest absolute Gasteiger partial charge is 0.491 e. The van der Waals surface area contributed by atoms with Crippen molar-refractivity contribution < 1.29 is 33.8 Å². The van der Waals surface area contributed by atoms with E-state index in [4.69, 9.17) is 14.3 Å². The van der Waals surface area contributed by atoms with Crippen molar-refractivity contribution in [1.82, 2.24) is 4.73 Å². The monoisotopic (exact) mass is 654 g/mol. The van der Waals surface area contributed by atoms with Crippen LogP contribution in [0.1, 0.15) is 35.7 Å². The number of carbonyl (C=O) groups excluding carboxylic acids is 3. The Bertz CT molecular complexity index is 1650. The molecular weight excluding hydrogens is 631 g/mol. The first-order valence-electron chi connectivity index (χ1n) is 12.3. The number of aryl methyl sites for hydroxylation is 1. The SMILES string of the molecule is CCC(=O)On1c(O)c(N=NC(=O)c2ccc(NC(=O)CCc3ccc4c(c3)OCO4)cc2)c2cc(I)ccc21. The zero-order valence-electron chi connectivity index (χ0n) is 21.2. The molecule has 2 amide bonds. The number of rotatable bonds is 8. The molecule has 40 heavy (non-hydrogen) atoms. The fourth-order valence-electron chi connectivity index (χ4n) is 3.99. The van der Waals surface area contributed by atoms with Crippen molar-refractivity contribution in [3.63, 3.8) is 0 Å². The van der Waals surface area contributed by atoms with Gasteiger partial charge in [0.2, 0.25) is 12.7 Å². The lowest BCUT2D eigenvalue weighted by atomic mass is 10.1. The van der Waals surface area contributed by atoms with Gasteiger partial charge >= 0.3 is 5.97 Å². The number of hydrogen-bond donors (Lipinski definition) is 2. The van der Waals surface area contributed by atoms with Crippen molar-refractivity contribution in [2.75, 3.05) is 12.1 Å². The number of hydrogen-bond acceptors (Lipinski definition) is 8. The van der Waals surface area contributed by atoms with Gasteiger partial charge in [0, 0.05) is 33.0 Å². The third-order valence-corrected chi connectivity index (χ3v) is 6.72. The van der Waals surface area contributed by atoms with Crippen LogP contribution in [0.25, 0.3) is 10.9 Å². The Balaban J connectivity index is 1.23. The predicted molar refractivity (Wildman–Crippen MR) is 153 cm³/mol. The minimum Gasteiger partial charge on any atom is -0.491 e. The van der Waals surface area contributed by atoms with E-state index in [1.165, 1.54) is 12.1 Å². The summed E-state index contributed by atoms with van der Waals surface area (Å²) in [5, 5.41) is 21.7. The second-order valence-corrected chi connectivity index (χ2v) is 10.0. The van der Waals surface area contributed by atoms with Crippen LogP contribution in [0.3, 0.4) is 0 Å². The fraction of sp³-hybridized carbons (Fsp3) is 0.179. The Kier molecular flexibility index (Phi) is 7.96. The average Bonchev–Trinajstić information content (AvgIpc) is 3.52. The molecule has 0 unspecified atom stereocenters. The third-order valence-electron chi connectivity index (χ3n) is 6.05. The maximum absolute atomic E-state index is 12.7. The van der Waals surface area contributed by atoms with Crippen LogP contribution in [-0.2, 0) is 16.0 Å². The molecule has 2 N–H and O–H groups in total. The highest BCUT2D eigenvalue weighted by atomic mass is 127. The van der Waals surface area contributed by atoms with Crippen LogP contribution in [0, 0.1) is 3.57 Å². The molecule has 204 valence electrons. The molecule has 2 heterocycles. The Morgan fingerprint density at radius 2 is 1.82 bits per heavy atom. The number of carbonyl (C=O) groups is 3. The lowest BCUT2D eigenvalue weighted by molar-refractivity contribution is -0.143. The number of amides is 2. The molecule has 0 spiro atoms. The van der Waals surface area contributed by atoms with Gasteiger partial charge in [0.1, 0.15) is 0 Å². The standard InChI is InChI=1S/C28H23IN4O7/c1-2-25(35)40-33-21-10-7-18(29)14-20(21)26(28(33)37)31-32-27(36)17-5-8-19(9-6-17)30-24(34)12-4-16-3-11-22-23(13-16)39-15-38-22/h3,5-11,13-14,37H,2,4,12,15H2,1H3,(H,30,34). The van der Waals surface area contributed by atoms with Gasteiger partial charge in [-0.1, -0.05) is 13.0 Å². The summed E-state index contributed by atoms with van der Waals surface area (Å²) in [5.41, 5.74) is 2.12. The van der Waals surface area contributed by atoms with Gasteiger partial charge in [0.05, 0.1) is 5.52 Å². The number of anilines is 1. The Morgan fingerprint density at radius 3 is 2.60 bits per heavy atom. The molecule has 1 aliphatic heterocycles. The van der Waals surface area contributed by atoms with Crippen LogP contribution < -0.4 is 19.6 Å². The molecule has 0 aliphatic carbocycles. The van der Waals surface area contributed by atoms with Crippen molar-refractivity contribution in [2.24, 2.45) is 10.2 Å². The van der Waals surface area contributed by atoms with Gasteiger partial charge in [-0.05, 0) is 89.2 Å². The van der Waals surface area contributed by atoms with Gasteiger partial charge in [-0.2, -0.15) is 0 Å². The fourth-order valence-corrected chi connectivity index (χ4v) is 4.48. The van der Waals surface area contributed by atoms with E-state index in [-0.39, 0.29) is 36.8 Å². The number of aromatic hydroxyl groups is 1. The number of benzene rings is 3. The molecule has 3 aromatic carbocycles. The summed E-state index contributed by atoms with van der Waals surface area (Å²) in [6, 6.07) is 17.0. The number of ether oxygens (including phenoxy) is 2. The molecule has 0 bridgehead atoms. The lowest BCUT2D eigenvalue weighted by Crippen LogP contribution is -2.17. The maximum atomic E-state index is 12.7. The third kappa shape index (κ3) is 5.91. The number of halogens is 1. The summed E-state index contributed by atoms with van der Waals surface area (Å²) < 4.78 is 12.5. The van der Waals surface area contributed by atoms with E-state index in [0.717, 1.165) is 13.9 Å².